The lowest BCUT2D eigenvalue weighted by atomic mass is 9.91. The third kappa shape index (κ3) is 1.35. The molecule has 11 heavy (non-hydrogen) atoms. The van der Waals surface area contributed by atoms with Gasteiger partial charge in [-0.3, -0.25) is 0 Å². The lowest BCUT2D eigenvalue weighted by molar-refractivity contribution is -0.174. The molecular weight excluding hydrogens is 150 g/mol. The molecule has 0 radical (unpaired) electrons. The number of hydrogen-bond acceptors (Lipinski definition) is 4. The molecule has 1 aliphatic rings. The van der Waals surface area contributed by atoms with Crippen LogP contribution in [0.5, 0.6) is 0 Å². The van der Waals surface area contributed by atoms with Gasteiger partial charge in [0, 0.05) is 6.54 Å². The van der Waals surface area contributed by atoms with Crippen LogP contribution in [0.1, 0.15) is 6.42 Å². The fourth-order valence-electron chi connectivity index (χ4n) is 1.09. The Bertz CT molecular complexity index is 172. The zero-order chi connectivity index (χ0) is 8.48. The topological polar surface area (TPSA) is 89.8 Å². The van der Waals surface area contributed by atoms with Gasteiger partial charge in [0.1, 0.15) is 0 Å². The largest absolute Gasteiger partial charge is 0.479 e. The van der Waals surface area contributed by atoms with Gasteiger partial charge in [-0.05, 0) is 13.0 Å². The first kappa shape index (κ1) is 8.45. The van der Waals surface area contributed by atoms with E-state index in [1.54, 1.807) is 0 Å². The maximum absolute atomic E-state index is 10.4. The Labute approximate surface area is 63.7 Å². The van der Waals surface area contributed by atoms with Gasteiger partial charge in [-0.1, -0.05) is 0 Å². The lowest BCUT2D eigenvalue weighted by Gasteiger charge is -2.33. The first-order valence-electron chi connectivity index (χ1n) is 3.42. The molecule has 2 atom stereocenters. The summed E-state index contributed by atoms with van der Waals surface area (Å²) in [5.74, 6) is -1.38. The van der Waals surface area contributed by atoms with Crippen molar-refractivity contribution in [3.05, 3.63) is 0 Å². The van der Waals surface area contributed by atoms with Gasteiger partial charge in [0.05, 0.1) is 6.10 Å². The minimum absolute atomic E-state index is 0.0938. The van der Waals surface area contributed by atoms with E-state index in [1.165, 1.54) is 0 Å². The molecule has 0 spiro atoms. The summed E-state index contributed by atoms with van der Waals surface area (Å²) >= 11 is 0. The quantitative estimate of drug-likeness (QED) is 0.363. The summed E-state index contributed by atoms with van der Waals surface area (Å²) in [4.78, 5) is 10.4. The predicted octanol–water partition coefficient (Wildman–Crippen LogP) is -1.84. The number of aliphatic hydroxyl groups is 2. The minimum atomic E-state index is -2.00. The van der Waals surface area contributed by atoms with Crippen molar-refractivity contribution in [1.29, 1.82) is 0 Å². The average Bonchev–Trinajstić information content (AvgIpc) is 1.95. The third-order valence-electron chi connectivity index (χ3n) is 1.91. The van der Waals surface area contributed by atoms with E-state index in [0.29, 0.717) is 6.54 Å². The Morgan fingerprint density at radius 2 is 2.27 bits per heavy atom. The fraction of sp³-hybridized carbons (Fsp3) is 0.833. The molecule has 0 amide bonds. The monoisotopic (exact) mass is 161 g/mol. The summed E-state index contributed by atoms with van der Waals surface area (Å²) in [7, 11) is 0. The molecule has 5 nitrogen and oxygen atoms in total. The van der Waals surface area contributed by atoms with E-state index in [4.69, 9.17) is 10.2 Å². The van der Waals surface area contributed by atoms with Crippen molar-refractivity contribution in [3.8, 4) is 0 Å². The van der Waals surface area contributed by atoms with Crippen LogP contribution in [0.2, 0.25) is 0 Å². The normalized spacial score (nSPS) is 38.5. The molecule has 0 saturated carbocycles. The molecule has 0 aliphatic carbocycles. The Kier molecular flexibility index (Phi) is 2.12. The van der Waals surface area contributed by atoms with Gasteiger partial charge in [0.25, 0.3) is 0 Å². The van der Waals surface area contributed by atoms with Gasteiger partial charge in [-0.2, -0.15) is 0 Å². The Morgan fingerprint density at radius 3 is 2.64 bits per heavy atom. The number of aliphatic carboxylic acids is 1. The number of nitrogens with one attached hydrogen (secondary N) is 1. The molecule has 0 aromatic rings. The molecule has 0 bridgehead atoms. The molecule has 1 aliphatic heterocycles. The first-order valence-corrected chi connectivity index (χ1v) is 3.42. The van der Waals surface area contributed by atoms with Gasteiger partial charge < -0.3 is 20.6 Å². The third-order valence-corrected chi connectivity index (χ3v) is 1.91. The van der Waals surface area contributed by atoms with Crippen LogP contribution < -0.4 is 5.32 Å². The summed E-state index contributed by atoms with van der Waals surface area (Å²) < 4.78 is 0. The molecule has 0 aromatic carbocycles. The number of carboxylic acids is 1. The first-order chi connectivity index (χ1) is 5.07. The molecule has 1 heterocycles. The Morgan fingerprint density at radius 1 is 1.64 bits per heavy atom. The van der Waals surface area contributed by atoms with E-state index in [9.17, 15) is 9.90 Å². The summed E-state index contributed by atoms with van der Waals surface area (Å²) in [5.41, 5.74) is -2.00. The van der Waals surface area contributed by atoms with E-state index in [1.807, 2.05) is 0 Å². The fourth-order valence-corrected chi connectivity index (χ4v) is 1.09. The zero-order valence-electron chi connectivity index (χ0n) is 5.95. The van der Waals surface area contributed by atoms with Crippen LogP contribution in [0.15, 0.2) is 0 Å². The summed E-state index contributed by atoms with van der Waals surface area (Å²) in [6.07, 6.45) is -0.899. The number of piperidine rings is 1. The summed E-state index contributed by atoms with van der Waals surface area (Å²) in [6, 6.07) is 0. The van der Waals surface area contributed by atoms with Gasteiger partial charge in [0.15, 0.2) is 5.60 Å². The second-order valence-corrected chi connectivity index (χ2v) is 2.71. The van der Waals surface area contributed by atoms with Crippen molar-refractivity contribution < 1.29 is 20.1 Å². The van der Waals surface area contributed by atoms with Gasteiger partial charge in [-0.15, -0.1) is 0 Å². The van der Waals surface area contributed by atoms with Crippen molar-refractivity contribution >= 4 is 5.97 Å². The van der Waals surface area contributed by atoms with Crippen LogP contribution in [0.4, 0.5) is 0 Å². The van der Waals surface area contributed by atoms with Crippen molar-refractivity contribution in [1.82, 2.24) is 5.32 Å². The van der Waals surface area contributed by atoms with E-state index >= 15 is 0 Å². The highest BCUT2D eigenvalue weighted by atomic mass is 16.4. The Hall–Kier alpha value is -0.650. The van der Waals surface area contributed by atoms with Gasteiger partial charge >= 0.3 is 5.97 Å². The minimum Gasteiger partial charge on any atom is -0.479 e. The number of rotatable bonds is 1. The molecule has 1 fully saturated rings. The van der Waals surface area contributed by atoms with Gasteiger partial charge in [0.2, 0.25) is 0 Å². The van der Waals surface area contributed by atoms with Crippen molar-refractivity contribution in [2.24, 2.45) is 0 Å². The average molecular weight is 161 g/mol. The molecular formula is C6H11NO4. The van der Waals surface area contributed by atoms with E-state index in [-0.39, 0.29) is 13.0 Å². The predicted molar refractivity (Wildman–Crippen MR) is 36.1 cm³/mol. The number of hydrogen-bond donors (Lipinski definition) is 4. The lowest BCUT2D eigenvalue weighted by Crippen LogP contribution is -2.60. The number of carbonyl (C=O) groups is 1. The van der Waals surface area contributed by atoms with E-state index < -0.39 is 17.7 Å². The van der Waals surface area contributed by atoms with E-state index in [0.717, 1.165) is 0 Å². The van der Waals surface area contributed by atoms with Crippen LogP contribution in [0, 0.1) is 0 Å². The van der Waals surface area contributed by atoms with Gasteiger partial charge in [-0.25, -0.2) is 4.79 Å². The zero-order valence-corrected chi connectivity index (χ0v) is 5.95. The molecule has 4 N–H and O–H groups in total. The van der Waals surface area contributed by atoms with Crippen LogP contribution in [0.3, 0.4) is 0 Å². The number of carboxylic acid groups (broad SMARTS) is 1. The summed E-state index contributed by atoms with van der Waals surface area (Å²) in [6.45, 7) is 0.445. The standard InChI is InChI=1S/C6H11NO4/c8-4-1-2-7-3-6(4,11)5(9)10/h4,7-8,11H,1-3H2,(H,9,10)/t4-,6+/m1/s1. The molecule has 1 saturated heterocycles. The molecule has 1 rings (SSSR count). The highest BCUT2D eigenvalue weighted by Crippen LogP contribution is 2.16. The number of aliphatic hydroxyl groups excluding tert-OH is 1. The highest BCUT2D eigenvalue weighted by molar-refractivity contribution is 5.78. The Balaban J connectivity index is 2.72. The van der Waals surface area contributed by atoms with Crippen molar-refractivity contribution in [2.75, 3.05) is 13.1 Å². The van der Waals surface area contributed by atoms with Crippen LogP contribution in [-0.4, -0.2) is 46.1 Å². The summed E-state index contributed by atoms with van der Waals surface area (Å²) in [5, 5.41) is 29.6. The molecule has 0 aromatic heterocycles. The highest BCUT2D eigenvalue weighted by Gasteiger charge is 2.45. The smallest absolute Gasteiger partial charge is 0.339 e. The van der Waals surface area contributed by atoms with E-state index in [2.05, 4.69) is 5.32 Å². The van der Waals surface area contributed by atoms with Crippen LogP contribution in [-0.2, 0) is 4.79 Å². The van der Waals surface area contributed by atoms with Crippen molar-refractivity contribution in [2.45, 2.75) is 18.1 Å². The SMILES string of the molecule is O=C(O)[C@]1(O)CNCC[C@H]1O. The van der Waals surface area contributed by atoms with Crippen LogP contribution in [0.25, 0.3) is 0 Å². The maximum Gasteiger partial charge on any atom is 0.339 e. The molecule has 0 unspecified atom stereocenters. The second-order valence-electron chi connectivity index (χ2n) is 2.71. The van der Waals surface area contributed by atoms with Crippen molar-refractivity contribution in [3.63, 3.8) is 0 Å². The maximum atomic E-state index is 10.4. The molecule has 64 valence electrons. The second kappa shape index (κ2) is 2.77. The molecule has 5 heteroatoms. The number of β-amino-alcohol motifs (C(OH)–C–C–N with tert-alkyl or cyclic N) is 1. The van der Waals surface area contributed by atoms with Crippen LogP contribution >= 0.6 is 0 Å².